The van der Waals surface area contributed by atoms with Crippen LogP contribution in [0.15, 0.2) is 12.1 Å². The van der Waals surface area contributed by atoms with Gasteiger partial charge in [-0.25, -0.2) is 4.39 Å². The van der Waals surface area contributed by atoms with Gasteiger partial charge in [-0.05, 0) is 44.5 Å². The maximum atomic E-state index is 13.9. The predicted molar refractivity (Wildman–Crippen MR) is 57.7 cm³/mol. The van der Waals surface area contributed by atoms with E-state index in [2.05, 4.69) is 5.32 Å². The van der Waals surface area contributed by atoms with Gasteiger partial charge in [0.05, 0.1) is 7.11 Å². The van der Waals surface area contributed by atoms with Crippen LogP contribution in [0.4, 0.5) is 4.39 Å². The molecule has 1 saturated carbocycles. The summed E-state index contributed by atoms with van der Waals surface area (Å²) in [7, 11) is 3.45. The fourth-order valence-corrected chi connectivity index (χ4v) is 2.09. The van der Waals surface area contributed by atoms with Crippen LogP contribution in [0.5, 0.6) is 5.75 Å². The summed E-state index contributed by atoms with van der Waals surface area (Å²) in [5, 5.41) is 3.18. The Morgan fingerprint density at radius 3 is 2.53 bits per heavy atom. The molecule has 1 aromatic rings. The van der Waals surface area contributed by atoms with Gasteiger partial charge in [0.25, 0.3) is 0 Å². The molecular formula is C12H16FNO. The van der Waals surface area contributed by atoms with Gasteiger partial charge in [0, 0.05) is 11.1 Å². The number of methoxy groups -OCH3 is 1. The van der Waals surface area contributed by atoms with Crippen LogP contribution in [0, 0.1) is 12.7 Å². The second-order valence-corrected chi connectivity index (χ2v) is 4.16. The standard InChI is InChI=1S/C12H16FNO/c1-8-6-9(13)11(10(7-8)15-3)12(14-2)4-5-12/h6-7,14H,4-5H2,1-3H3. The Kier molecular flexibility index (Phi) is 2.43. The van der Waals surface area contributed by atoms with E-state index < -0.39 is 0 Å². The SMILES string of the molecule is CNC1(c2c(F)cc(C)cc2OC)CC1. The molecule has 0 spiro atoms. The monoisotopic (exact) mass is 209 g/mol. The molecule has 2 rings (SSSR count). The van der Waals surface area contributed by atoms with Crippen LogP contribution in [0.1, 0.15) is 24.0 Å². The Bertz CT molecular complexity index is 385. The molecule has 15 heavy (non-hydrogen) atoms. The van der Waals surface area contributed by atoms with E-state index in [9.17, 15) is 4.39 Å². The molecule has 3 heteroatoms. The topological polar surface area (TPSA) is 21.3 Å². The summed E-state index contributed by atoms with van der Waals surface area (Å²) in [6.07, 6.45) is 1.94. The Balaban J connectivity index is 2.54. The van der Waals surface area contributed by atoms with Crippen molar-refractivity contribution >= 4 is 0 Å². The summed E-state index contributed by atoms with van der Waals surface area (Å²) in [5.74, 6) is 0.484. The molecule has 1 aliphatic rings. The van der Waals surface area contributed by atoms with Crippen LogP contribution in [0.2, 0.25) is 0 Å². The highest BCUT2D eigenvalue weighted by Crippen LogP contribution is 2.49. The first-order valence-electron chi connectivity index (χ1n) is 5.16. The van der Waals surface area contributed by atoms with Crippen molar-refractivity contribution in [2.45, 2.75) is 25.3 Å². The van der Waals surface area contributed by atoms with Crippen molar-refractivity contribution in [1.29, 1.82) is 0 Å². The molecule has 0 aliphatic heterocycles. The first-order valence-corrected chi connectivity index (χ1v) is 5.16. The number of hydrogen-bond donors (Lipinski definition) is 1. The Labute approximate surface area is 89.4 Å². The molecule has 1 N–H and O–H groups in total. The lowest BCUT2D eigenvalue weighted by atomic mass is 10.0. The Hall–Kier alpha value is -1.09. The third-order valence-electron chi connectivity index (χ3n) is 3.13. The van der Waals surface area contributed by atoms with Crippen molar-refractivity contribution < 1.29 is 9.13 Å². The third kappa shape index (κ3) is 1.61. The number of nitrogens with one attached hydrogen (secondary N) is 1. The van der Waals surface area contributed by atoms with E-state index in [1.807, 2.05) is 20.0 Å². The maximum absolute atomic E-state index is 13.9. The summed E-state index contributed by atoms with van der Waals surface area (Å²) in [5.41, 5.74) is 1.38. The minimum Gasteiger partial charge on any atom is -0.496 e. The van der Waals surface area contributed by atoms with Gasteiger partial charge >= 0.3 is 0 Å². The summed E-state index contributed by atoms with van der Waals surface area (Å²) in [4.78, 5) is 0. The van der Waals surface area contributed by atoms with E-state index in [-0.39, 0.29) is 11.4 Å². The van der Waals surface area contributed by atoms with Crippen molar-refractivity contribution in [3.63, 3.8) is 0 Å². The lowest BCUT2D eigenvalue weighted by Crippen LogP contribution is -2.26. The summed E-state index contributed by atoms with van der Waals surface area (Å²) < 4.78 is 19.2. The van der Waals surface area contributed by atoms with Crippen molar-refractivity contribution in [1.82, 2.24) is 5.32 Å². The molecule has 0 radical (unpaired) electrons. The van der Waals surface area contributed by atoms with Crippen molar-refractivity contribution in [2.75, 3.05) is 14.2 Å². The average Bonchev–Trinajstić information content (AvgIpc) is 2.97. The molecule has 1 fully saturated rings. The molecule has 0 amide bonds. The maximum Gasteiger partial charge on any atom is 0.132 e. The lowest BCUT2D eigenvalue weighted by molar-refractivity contribution is 0.390. The van der Waals surface area contributed by atoms with Gasteiger partial charge in [-0.3, -0.25) is 0 Å². The van der Waals surface area contributed by atoms with Gasteiger partial charge in [0.15, 0.2) is 0 Å². The zero-order chi connectivity index (χ0) is 11.1. The molecular weight excluding hydrogens is 193 g/mol. The minimum absolute atomic E-state index is 0.168. The fourth-order valence-electron chi connectivity index (χ4n) is 2.09. The number of rotatable bonds is 3. The highest BCUT2D eigenvalue weighted by Gasteiger charge is 2.46. The molecule has 1 aromatic carbocycles. The van der Waals surface area contributed by atoms with Crippen molar-refractivity contribution in [3.8, 4) is 5.75 Å². The zero-order valence-electron chi connectivity index (χ0n) is 9.36. The van der Waals surface area contributed by atoms with E-state index >= 15 is 0 Å². The predicted octanol–water partition coefficient (Wildman–Crippen LogP) is 2.35. The van der Waals surface area contributed by atoms with Crippen LogP contribution in [0.3, 0.4) is 0 Å². The highest BCUT2D eigenvalue weighted by atomic mass is 19.1. The Morgan fingerprint density at radius 2 is 2.07 bits per heavy atom. The van der Waals surface area contributed by atoms with Crippen LogP contribution >= 0.6 is 0 Å². The summed E-state index contributed by atoms with van der Waals surface area (Å²) >= 11 is 0. The van der Waals surface area contributed by atoms with E-state index in [4.69, 9.17) is 4.74 Å². The van der Waals surface area contributed by atoms with Crippen LogP contribution in [-0.4, -0.2) is 14.2 Å². The van der Waals surface area contributed by atoms with Gasteiger partial charge in [-0.1, -0.05) is 0 Å². The second kappa shape index (κ2) is 3.49. The summed E-state index contributed by atoms with van der Waals surface area (Å²) in [6, 6.07) is 3.45. The largest absolute Gasteiger partial charge is 0.496 e. The lowest BCUT2D eigenvalue weighted by Gasteiger charge is -2.19. The summed E-state index contributed by atoms with van der Waals surface area (Å²) in [6.45, 7) is 1.87. The quantitative estimate of drug-likeness (QED) is 0.825. The normalized spacial score (nSPS) is 17.6. The van der Waals surface area contributed by atoms with Gasteiger partial charge in [0.1, 0.15) is 11.6 Å². The van der Waals surface area contributed by atoms with Crippen LogP contribution in [0.25, 0.3) is 0 Å². The number of benzene rings is 1. The van der Waals surface area contributed by atoms with Crippen LogP contribution in [-0.2, 0) is 5.54 Å². The van der Waals surface area contributed by atoms with E-state index in [0.717, 1.165) is 18.4 Å². The number of halogens is 1. The molecule has 0 aromatic heterocycles. The van der Waals surface area contributed by atoms with Crippen LogP contribution < -0.4 is 10.1 Å². The van der Waals surface area contributed by atoms with Crippen molar-refractivity contribution in [3.05, 3.63) is 29.1 Å². The molecule has 1 aliphatic carbocycles. The van der Waals surface area contributed by atoms with Gasteiger partial charge in [-0.2, -0.15) is 0 Å². The molecule has 0 heterocycles. The molecule has 0 saturated heterocycles. The van der Waals surface area contributed by atoms with Gasteiger partial charge < -0.3 is 10.1 Å². The van der Waals surface area contributed by atoms with Gasteiger partial charge in [0.2, 0.25) is 0 Å². The fraction of sp³-hybridized carbons (Fsp3) is 0.500. The molecule has 0 unspecified atom stereocenters. The Morgan fingerprint density at radius 1 is 1.40 bits per heavy atom. The van der Waals surface area contributed by atoms with E-state index in [1.165, 1.54) is 0 Å². The highest BCUT2D eigenvalue weighted by molar-refractivity contribution is 5.45. The molecule has 0 atom stereocenters. The smallest absolute Gasteiger partial charge is 0.132 e. The third-order valence-corrected chi connectivity index (χ3v) is 3.13. The number of hydrogen-bond acceptors (Lipinski definition) is 2. The zero-order valence-corrected chi connectivity index (χ0v) is 9.36. The first kappa shape index (κ1) is 10.4. The number of ether oxygens (including phenoxy) is 1. The van der Waals surface area contributed by atoms with Crippen molar-refractivity contribution in [2.24, 2.45) is 0 Å². The molecule has 2 nitrogen and oxygen atoms in total. The van der Waals surface area contributed by atoms with Gasteiger partial charge in [-0.15, -0.1) is 0 Å². The number of aryl methyl sites for hydroxylation is 1. The average molecular weight is 209 g/mol. The van der Waals surface area contributed by atoms with E-state index in [0.29, 0.717) is 11.3 Å². The molecule has 82 valence electrons. The second-order valence-electron chi connectivity index (χ2n) is 4.16. The van der Waals surface area contributed by atoms with E-state index in [1.54, 1.807) is 13.2 Å². The molecule has 0 bridgehead atoms. The minimum atomic E-state index is -0.191. The first-order chi connectivity index (χ1) is 7.13.